The molecule has 15 heavy (non-hydrogen) atoms. The molecular weight excluding hydrogens is 190 g/mol. The molecule has 1 aliphatic carbocycles. The van der Waals surface area contributed by atoms with Crippen molar-refractivity contribution in [1.29, 1.82) is 0 Å². The van der Waals surface area contributed by atoms with Crippen LogP contribution in [0.25, 0.3) is 5.65 Å². The van der Waals surface area contributed by atoms with Crippen molar-refractivity contribution < 1.29 is 0 Å². The predicted molar refractivity (Wildman–Crippen MR) is 57.2 cm³/mol. The van der Waals surface area contributed by atoms with E-state index in [2.05, 4.69) is 17.0 Å². The van der Waals surface area contributed by atoms with Crippen LogP contribution in [-0.2, 0) is 19.3 Å². The van der Waals surface area contributed by atoms with Crippen LogP contribution < -0.4 is 5.56 Å². The van der Waals surface area contributed by atoms with Crippen LogP contribution in [0.1, 0.15) is 30.2 Å². The Kier molecular flexibility index (Phi) is 1.71. The Balaban J connectivity index is 2.44. The molecule has 1 N–H and O–H groups in total. The minimum Gasteiger partial charge on any atom is -0.306 e. The first kappa shape index (κ1) is 8.71. The monoisotopic (exact) mass is 203 g/mol. The van der Waals surface area contributed by atoms with E-state index in [1.165, 1.54) is 0 Å². The van der Waals surface area contributed by atoms with Crippen molar-refractivity contribution >= 4 is 5.65 Å². The second-order valence-electron chi connectivity index (χ2n) is 4.02. The number of hydrogen-bond acceptors (Lipinski definition) is 2. The summed E-state index contributed by atoms with van der Waals surface area (Å²) in [4.78, 5) is 14.7. The number of aryl methyl sites for hydroxylation is 2. The SMILES string of the molecule is CCc1cnn2c3c(c(=O)[nH]c12)CCC3. The molecule has 0 unspecified atom stereocenters. The van der Waals surface area contributed by atoms with Crippen molar-refractivity contribution in [2.45, 2.75) is 32.6 Å². The predicted octanol–water partition coefficient (Wildman–Crippen LogP) is 1.07. The molecule has 0 saturated carbocycles. The smallest absolute Gasteiger partial charge is 0.254 e. The molecule has 0 fully saturated rings. The third-order valence-corrected chi connectivity index (χ3v) is 3.18. The zero-order chi connectivity index (χ0) is 10.4. The van der Waals surface area contributed by atoms with E-state index in [1.807, 2.05) is 10.7 Å². The molecule has 4 heteroatoms. The average Bonchev–Trinajstić information content (AvgIpc) is 2.81. The van der Waals surface area contributed by atoms with Crippen LogP contribution in [-0.4, -0.2) is 14.6 Å². The van der Waals surface area contributed by atoms with E-state index in [4.69, 9.17) is 0 Å². The highest BCUT2D eigenvalue weighted by Crippen LogP contribution is 2.19. The van der Waals surface area contributed by atoms with Gasteiger partial charge in [0, 0.05) is 11.1 Å². The summed E-state index contributed by atoms with van der Waals surface area (Å²) >= 11 is 0. The summed E-state index contributed by atoms with van der Waals surface area (Å²) in [6, 6.07) is 0. The molecule has 2 aromatic rings. The quantitative estimate of drug-likeness (QED) is 0.753. The van der Waals surface area contributed by atoms with Crippen molar-refractivity contribution in [2.75, 3.05) is 0 Å². The third-order valence-electron chi connectivity index (χ3n) is 3.18. The zero-order valence-corrected chi connectivity index (χ0v) is 8.71. The number of aromatic amines is 1. The van der Waals surface area contributed by atoms with Crippen LogP contribution in [0, 0.1) is 0 Å². The third kappa shape index (κ3) is 1.07. The lowest BCUT2D eigenvalue weighted by Crippen LogP contribution is -2.16. The summed E-state index contributed by atoms with van der Waals surface area (Å²) < 4.78 is 1.91. The average molecular weight is 203 g/mol. The number of nitrogens with one attached hydrogen (secondary N) is 1. The van der Waals surface area contributed by atoms with Crippen LogP contribution in [0.5, 0.6) is 0 Å². The number of nitrogens with zero attached hydrogens (tertiary/aromatic N) is 2. The van der Waals surface area contributed by atoms with Gasteiger partial charge >= 0.3 is 0 Å². The fourth-order valence-corrected chi connectivity index (χ4v) is 2.37. The Morgan fingerprint density at radius 2 is 2.40 bits per heavy atom. The van der Waals surface area contributed by atoms with E-state index in [0.29, 0.717) is 0 Å². The van der Waals surface area contributed by atoms with Crippen LogP contribution in [0.4, 0.5) is 0 Å². The molecule has 3 rings (SSSR count). The Hall–Kier alpha value is -1.58. The van der Waals surface area contributed by atoms with E-state index in [-0.39, 0.29) is 5.56 Å². The lowest BCUT2D eigenvalue weighted by atomic mass is 10.2. The number of H-pyrrole nitrogens is 1. The van der Waals surface area contributed by atoms with Gasteiger partial charge in [0.15, 0.2) is 0 Å². The Morgan fingerprint density at radius 1 is 1.53 bits per heavy atom. The van der Waals surface area contributed by atoms with Gasteiger partial charge < -0.3 is 4.98 Å². The summed E-state index contributed by atoms with van der Waals surface area (Å²) in [5, 5.41) is 4.35. The Bertz CT molecular complexity index is 579. The maximum Gasteiger partial charge on any atom is 0.254 e. The number of rotatable bonds is 1. The van der Waals surface area contributed by atoms with Gasteiger partial charge in [0.2, 0.25) is 0 Å². The first-order chi connectivity index (χ1) is 7.31. The molecule has 0 bridgehead atoms. The molecule has 2 heterocycles. The lowest BCUT2D eigenvalue weighted by Gasteiger charge is -2.02. The molecule has 0 aromatic carbocycles. The van der Waals surface area contributed by atoms with Gasteiger partial charge in [-0.2, -0.15) is 5.10 Å². The fourth-order valence-electron chi connectivity index (χ4n) is 2.37. The molecule has 78 valence electrons. The van der Waals surface area contributed by atoms with Gasteiger partial charge in [0.25, 0.3) is 5.56 Å². The van der Waals surface area contributed by atoms with E-state index in [9.17, 15) is 4.79 Å². The van der Waals surface area contributed by atoms with Gasteiger partial charge in [-0.15, -0.1) is 0 Å². The molecule has 0 radical (unpaired) electrons. The zero-order valence-electron chi connectivity index (χ0n) is 8.71. The topological polar surface area (TPSA) is 50.2 Å². The minimum absolute atomic E-state index is 0.0743. The normalized spacial score (nSPS) is 14.7. The molecule has 0 spiro atoms. The van der Waals surface area contributed by atoms with Crippen molar-refractivity contribution in [3.8, 4) is 0 Å². The Morgan fingerprint density at radius 3 is 3.20 bits per heavy atom. The number of fused-ring (bicyclic) bond motifs is 3. The molecule has 0 amide bonds. The molecule has 0 saturated heterocycles. The molecule has 1 aliphatic rings. The van der Waals surface area contributed by atoms with E-state index >= 15 is 0 Å². The molecule has 0 aliphatic heterocycles. The van der Waals surface area contributed by atoms with Gasteiger partial charge in [-0.1, -0.05) is 6.92 Å². The van der Waals surface area contributed by atoms with Gasteiger partial charge in [-0.05, 0) is 25.7 Å². The highest BCUT2D eigenvalue weighted by molar-refractivity contribution is 5.48. The van der Waals surface area contributed by atoms with Crippen molar-refractivity contribution in [3.63, 3.8) is 0 Å². The van der Waals surface area contributed by atoms with Crippen LogP contribution in [0.15, 0.2) is 11.0 Å². The van der Waals surface area contributed by atoms with Gasteiger partial charge in [0.1, 0.15) is 5.65 Å². The maximum absolute atomic E-state index is 11.8. The standard InChI is InChI=1S/C11H13N3O/c1-2-7-6-12-14-9-5-3-4-8(9)11(15)13-10(7)14/h6H,2-5H2,1H3,(H,13,15). The highest BCUT2D eigenvalue weighted by atomic mass is 16.1. The van der Waals surface area contributed by atoms with Crippen LogP contribution in [0.2, 0.25) is 0 Å². The van der Waals surface area contributed by atoms with Gasteiger partial charge in [-0.3, -0.25) is 4.79 Å². The van der Waals surface area contributed by atoms with E-state index in [0.717, 1.165) is 48.2 Å². The summed E-state index contributed by atoms with van der Waals surface area (Å²) in [6.45, 7) is 2.07. The second-order valence-corrected chi connectivity index (χ2v) is 4.02. The first-order valence-electron chi connectivity index (χ1n) is 5.42. The molecular formula is C11H13N3O. The summed E-state index contributed by atoms with van der Waals surface area (Å²) in [5.41, 5.74) is 4.09. The maximum atomic E-state index is 11.8. The molecule has 0 atom stereocenters. The fraction of sp³-hybridized carbons (Fsp3) is 0.455. The highest BCUT2D eigenvalue weighted by Gasteiger charge is 2.19. The summed E-state index contributed by atoms with van der Waals surface area (Å²) in [6.07, 6.45) is 5.68. The van der Waals surface area contributed by atoms with Gasteiger partial charge in [0.05, 0.1) is 11.9 Å². The summed E-state index contributed by atoms with van der Waals surface area (Å²) in [7, 11) is 0. The number of hydrogen-bond donors (Lipinski definition) is 1. The lowest BCUT2D eigenvalue weighted by molar-refractivity contribution is 0.835. The molecule has 4 nitrogen and oxygen atoms in total. The first-order valence-corrected chi connectivity index (χ1v) is 5.42. The van der Waals surface area contributed by atoms with E-state index < -0.39 is 0 Å². The van der Waals surface area contributed by atoms with Crippen molar-refractivity contribution in [2.24, 2.45) is 0 Å². The minimum atomic E-state index is 0.0743. The second kappa shape index (κ2) is 2.95. The van der Waals surface area contributed by atoms with Gasteiger partial charge in [-0.25, -0.2) is 4.52 Å². The van der Waals surface area contributed by atoms with Crippen molar-refractivity contribution in [1.82, 2.24) is 14.6 Å². The molecule has 2 aromatic heterocycles. The van der Waals surface area contributed by atoms with E-state index in [1.54, 1.807) is 0 Å². The number of aromatic nitrogens is 3. The Labute approximate surface area is 86.9 Å². The van der Waals surface area contributed by atoms with Crippen LogP contribution >= 0.6 is 0 Å². The van der Waals surface area contributed by atoms with Crippen LogP contribution in [0.3, 0.4) is 0 Å². The summed E-state index contributed by atoms with van der Waals surface area (Å²) in [5.74, 6) is 0. The largest absolute Gasteiger partial charge is 0.306 e. The van der Waals surface area contributed by atoms with Crippen molar-refractivity contribution in [3.05, 3.63) is 33.4 Å².